The van der Waals surface area contributed by atoms with Gasteiger partial charge in [-0.2, -0.15) is 8.75 Å². The molecule has 0 saturated heterocycles. The largest absolute Gasteiger partial charge is 0.323 e. The maximum Gasteiger partial charge on any atom is 0.323 e. The second kappa shape index (κ2) is 6.06. The van der Waals surface area contributed by atoms with E-state index in [9.17, 15) is 4.79 Å². The first-order valence-corrected chi connectivity index (χ1v) is 7.52. The van der Waals surface area contributed by atoms with Gasteiger partial charge in [0.05, 0.1) is 17.9 Å². The smallest absolute Gasteiger partial charge is 0.323 e. The summed E-state index contributed by atoms with van der Waals surface area (Å²) in [5.41, 5.74) is 2.72. The molecule has 0 aliphatic heterocycles. The number of anilines is 1. The zero-order valence-corrected chi connectivity index (χ0v) is 13.0. The van der Waals surface area contributed by atoms with Crippen LogP contribution >= 0.6 is 11.7 Å². The summed E-state index contributed by atoms with van der Waals surface area (Å²) in [4.78, 5) is 13.7. The molecule has 8 nitrogen and oxygen atoms in total. The van der Waals surface area contributed by atoms with Crippen LogP contribution in [0, 0.1) is 0 Å². The minimum Gasteiger partial charge on any atom is -0.323 e. The van der Waals surface area contributed by atoms with E-state index < -0.39 is 0 Å². The number of aromatic nitrogens is 5. The van der Waals surface area contributed by atoms with Crippen LogP contribution in [0.4, 0.5) is 10.6 Å². The first-order chi connectivity index (χ1) is 10.7. The molecule has 3 aromatic rings. The number of carbonyl (C=O) groups is 1. The highest BCUT2D eigenvalue weighted by atomic mass is 32.1. The Morgan fingerprint density at radius 3 is 2.95 bits per heavy atom. The second-order valence-corrected chi connectivity index (χ2v) is 5.36. The van der Waals surface area contributed by atoms with Gasteiger partial charge in [0.1, 0.15) is 11.0 Å². The summed E-state index contributed by atoms with van der Waals surface area (Å²) in [6, 6.07) is 5.56. The van der Waals surface area contributed by atoms with Gasteiger partial charge in [-0.15, -0.1) is 5.10 Å². The molecule has 0 bridgehead atoms. The van der Waals surface area contributed by atoms with Crippen molar-refractivity contribution in [2.45, 2.75) is 20.0 Å². The monoisotopic (exact) mass is 317 g/mol. The van der Waals surface area contributed by atoms with Gasteiger partial charge in [0, 0.05) is 20.1 Å². The lowest BCUT2D eigenvalue weighted by Crippen LogP contribution is -2.30. The summed E-state index contributed by atoms with van der Waals surface area (Å²) in [5, 5.41) is 10.5. The fourth-order valence-electron chi connectivity index (χ4n) is 1.99. The van der Waals surface area contributed by atoms with Gasteiger partial charge in [-0.25, -0.2) is 4.79 Å². The van der Waals surface area contributed by atoms with E-state index in [2.05, 4.69) is 24.4 Å². The van der Waals surface area contributed by atoms with E-state index in [-0.39, 0.29) is 6.03 Å². The lowest BCUT2D eigenvalue weighted by Gasteiger charge is -2.16. The molecule has 0 aliphatic carbocycles. The van der Waals surface area contributed by atoms with Crippen LogP contribution in [0.1, 0.15) is 12.5 Å². The predicted molar refractivity (Wildman–Crippen MR) is 83.6 cm³/mol. The van der Waals surface area contributed by atoms with Gasteiger partial charge >= 0.3 is 6.03 Å². The fraction of sp³-hybridized carbons (Fsp3) is 0.308. The van der Waals surface area contributed by atoms with Crippen LogP contribution in [0.25, 0.3) is 11.0 Å². The van der Waals surface area contributed by atoms with E-state index in [1.54, 1.807) is 22.8 Å². The van der Waals surface area contributed by atoms with Gasteiger partial charge in [-0.1, -0.05) is 11.3 Å². The average Bonchev–Trinajstić information content (AvgIpc) is 3.15. The third-order valence-electron chi connectivity index (χ3n) is 3.18. The van der Waals surface area contributed by atoms with Gasteiger partial charge in [0.2, 0.25) is 0 Å². The Hall–Kier alpha value is -2.55. The van der Waals surface area contributed by atoms with Crippen LogP contribution in [-0.2, 0) is 13.1 Å². The maximum absolute atomic E-state index is 12.1. The molecular formula is C13H15N7OS. The van der Waals surface area contributed by atoms with Gasteiger partial charge in [-0.05, 0) is 24.6 Å². The number of hydrogen-bond acceptors (Lipinski definition) is 6. The Kier molecular flexibility index (Phi) is 3.96. The van der Waals surface area contributed by atoms with Crippen molar-refractivity contribution in [3.63, 3.8) is 0 Å². The van der Waals surface area contributed by atoms with Gasteiger partial charge in [-0.3, -0.25) is 10.00 Å². The molecule has 0 saturated carbocycles. The van der Waals surface area contributed by atoms with Crippen LogP contribution in [0.2, 0.25) is 0 Å². The van der Waals surface area contributed by atoms with Gasteiger partial charge in [0.15, 0.2) is 5.82 Å². The molecule has 0 atom stereocenters. The molecule has 22 heavy (non-hydrogen) atoms. The number of carbonyl (C=O) groups excluding carboxylic acids is 1. The molecule has 114 valence electrons. The number of nitrogens with zero attached hydrogens (tertiary/aromatic N) is 6. The summed E-state index contributed by atoms with van der Waals surface area (Å²) in [5.74, 6) is 0.442. The number of benzene rings is 1. The quantitative estimate of drug-likeness (QED) is 0.794. The standard InChI is InChI=1S/C13H15N7OS/c1-3-20-8-12(15-18-20)14-13(21)19(2)7-9-4-5-10-11(6-9)17-22-16-10/h4-6,8H,3,7H2,1-2H3,(H,14,21). The highest BCUT2D eigenvalue weighted by Gasteiger charge is 2.12. The van der Waals surface area contributed by atoms with Crippen LogP contribution in [0.5, 0.6) is 0 Å². The molecule has 3 rings (SSSR count). The van der Waals surface area contributed by atoms with Crippen molar-refractivity contribution in [2.75, 3.05) is 12.4 Å². The summed E-state index contributed by atoms with van der Waals surface area (Å²) in [7, 11) is 1.73. The maximum atomic E-state index is 12.1. The molecule has 0 spiro atoms. The predicted octanol–water partition coefficient (Wildman–Crippen LogP) is 1.97. The Morgan fingerprint density at radius 2 is 2.18 bits per heavy atom. The molecule has 1 aromatic carbocycles. The minimum absolute atomic E-state index is 0.236. The van der Waals surface area contributed by atoms with Gasteiger partial charge in [0.25, 0.3) is 0 Å². The molecule has 0 radical (unpaired) electrons. The van der Waals surface area contributed by atoms with Crippen molar-refractivity contribution in [2.24, 2.45) is 0 Å². The average molecular weight is 317 g/mol. The Labute approximate surface area is 131 Å². The third-order valence-corrected chi connectivity index (χ3v) is 3.74. The van der Waals surface area contributed by atoms with E-state index >= 15 is 0 Å². The molecule has 0 fully saturated rings. The minimum atomic E-state index is -0.236. The Balaban J connectivity index is 1.64. The molecule has 2 aromatic heterocycles. The van der Waals surface area contributed by atoms with Crippen molar-refractivity contribution in [1.82, 2.24) is 28.6 Å². The molecule has 0 unspecified atom stereocenters. The SMILES string of the molecule is CCn1cc(NC(=O)N(C)Cc2ccc3nsnc3c2)nn1. The molecule has 0 aliphatic rings. The van der Waals surface area contributed by atoms with Crippen molar-refractivity contribution < 1.29 is 4.79 Å². The van der Waals surface area contributed by atoms with Crippen molar-refractivity contribution in [1.29, 1.82) is 0 Å². The van der Waals surface area contributed by atoms with Crippen molar-refractivity contribution in [3.05, 3.63) is 30.0 Å². The van der Waals surface area contributed by atoms with Crippen LogP contribution in [-0.4, -0.2) is 41.7 Å². The van der Waals surface area contributed by atoms with E-state index in [4.69, 9.17) is 0 Å². The molecule has 9 heteroatoms. The van der Waals surface area contributed by atoms with E-state index in [1.807, 2.05) is 25.1 Å². The lowest BCUT2D eigenvalue weighted by atomic mass is 10.2. The Bertz CT molecular complexity index is 796. The summed E-state index contributed by atoms with van der Waals surface area (Å²) < 4.78 is 10.0. The first kappa shape index (κ1) is 14.4. The molecule has 2 amide bonds. The number of hydrogen-bond donors (Lipinski definition) is 1. The third kappa shape index (κ3) is 3.03. The number of aryl methyl sites for hydroxylation is 1. The van der Waals surface area contributed by atoms with E-state index in [0.29, 0.717) is 18.9 Å². The topological polar surface area (TPSA) is 88.8 Å². The molecule has 2 heterocycles. The van der Waals surface area contributed by atoms with Crippen molar-refractivity contribution in [3.8, 4) is 0 Å². The molecular weight excluding hydrogens is 302 g/mol. The highest BCUT2D eigenvalue weighted by Crippen LogP contribution is 2.15. The zero-order valence-electron chi connectivity index (χ0n) is 12.2. The van der Waals surface area contributed by atoms with Crippen LogP contribution in [0.15, 0.2) is 24.4 Å². The van der Waals surface area contributed by atoms with Crippen molar-refractivity contribution >= 4 is 34.6 Å². The summed E-state index contributed by atoms with van der Waals surface area (Å²) in [6.07, 6.45) is 1.69. The number of rotatable bonds is 4. The normalized spacial score (nSPS) is 10.8. The number of amides is 2. The fourth-order valence-corrected chi connectivity index (χ4v) is 2.50. The Morgan fingerprint density at radius 1 is 1.36 bits per heavy atom. The molecule has 1 N–H and O–H groups in total. The van der Waals surface area contributed by atoms with E-state index in [1.165, 1.54) is 11.7 Å². The second-order valence-electron chi connectivity index (χ2n) is 4.83. The number of urea groups is 1. The lowest BCUT2D eigenvalue weighted by molar-refractivity contribution is 0.220. The van der Waals surface area contributed by atoms with Gasteiger partial charge < -0.3 is 4.90 Å². The number of nitrogens with one attached hydrogen (secondary N) is 1. The summed E-state index contributed by atoms with van der Waals surface area (Å²) >= 11 is 1.18. The van der Waals surface area contributed by atoms with E-state index in [0.717, 1.165) is 16.6 Å². The summed E-state index contributed by atoms with van der Waals surface area (Å²) in [6.45, 7) is 3.14. The first-order valence-electron chi connectivity index (χ1n) is 6.79. The highest BCUT2D eigenvalue weighted by molar-refractivity contribution is 7.00. The zero-order chi connectivity index (χ0) is 15.5. The van der Waals surface area contributed by atoms with Crippen LogP contribution < -0.4 is 5.32 Å². The van der Waals surface area contributed by atoms with Crippen LogP contribution in [0.3, 0.4) is 0 Å². The number of fused-ring (bicyclic) bond motifs is 1.